The molecule has 0 fully saturated rings. The van der Waals surface area contributed by atoms with Gasteiger partial charge in [0.05, 0.1) is 16.8 Å². The van der Waals surface area contributed by atoms with Crippen LogP contribution in [0.3, 0.4) is 0 Å². The van der Waals surface area contributed by atoms with Gasteiger partial charge in [0, 0.05) is 15.7 Å². The molecule has 0 bridgehead atoms. The Morgan fingerprint density at radius 1 is 1.00 bits per heavy atom. The van der Waals surface area contributed by atoms with Crippen molar-refractivity contribution in [1.29, 1.82) is 0 Å². The lowest BCUT2D eigenvalue weighted by atomic mass is 10.1. The molecule has 1 amide bonds. The number of aromatic nitrogens is 1. The molecule has 158 valence electrons. The number of aryl methyl sites for hydroxylation is 2. The summed E-state index contributed by atoms with van der Waals surface area (Å²) in [6.45, 7) is 9.01. The number of hydrogen-bond acceptors (Lipinski definition) is 4. The van der Waals surface area contributed by atoms with Crippen molar-refractivity contribution >= 4 is 44.4 Å². The van der Waals surface area contributed by atoms with E-state index in [1.807, 2.05) is 54.6 Å². The smallest absolute Gasteiger partial charge is 0.260 e. The molecule has 0 aliphatic heterocycles. The molecule has 0 spiro atoms. The fraction of sp³-hybridized carbons (Fsp3) is 0.231. The first-order valence-electron chi connectivity index (χ1n) is 10.4. The van der Waals surface area contributed by atoms with E-state index >= 15 is 0 Å². The summed E-state index contributed by atoms with van der Waals surface area (Å²) in [5, 5.41) is 1.24. The summed E-state index contributed by atoms with van der Waals surface area (Å²) in [7, 11) is 0. The largest absolute Gasteiger partial charge is 0.279 e. The van der Waals surface area contributed by atoms with Crippen LogP contribution < -0.4 is 4.90 Å². The number of benzene rings is 3. The molecule has 1 heterocycles. The fourth-order valence-corrected chi connectivity index (χ4v) is 5.29. The second-order valence-corrected chi connectivity index (χ2v) is 10.6. The topological polar surface area (TPSA) is 33.2 Å². The van der Waals surface area contributed by atoms with Gasteiger partial charge in [0.1, 0.15) is 0 Å². The van der Waals surface area contributed by atoms with Gasteiger partial charge < -0.3 is 0 Å². The van der Waals surface area contributed by atoms with Crippen LogP contribution in [0, 0.1) is 13.8 Å². The Balaban J connectivity index is 1.72. The summed E-state index contributed by atoms with van der Waals surface area (Å²) in [5.41, 5.74) is 5.12. The van der Waals surface area contributed by atoms with Crippen LogP contribution in [0.2, 0.25) is 0 Å². The molecule has 4 aromatic rings. The Bertz CT molecular complexity index is 1200. The quantitative estimate of drug-likeness (QED) is 0.292. The highest BCUT2D eigenvalue weighted by atomic mass is 32.2. The van der Waals surface area contributed by atoms with Gasteiger partial charge in [-0.05, 0) is 60.9 Å². The highest BCUT2D eigenvalue weighted by Crippen LogP contribution is 2.33. The third kappa shape index (κ3) is 4.83. The molecular weight excluding hydrogens is 420 g/mol. The van der Waals surface area contributed by atoms with Crippen LogP contribution in [-0.2, 0) is 6.54 Å². The van der Waals surface area contributed by atoms with Crippen LogP contribution in [-0.4, -0.2) is 16.1 Å². The summed E-state index contributed by atoms with van der Waals surface area (Å²) < 4.78 is 1.10. The molecule has 5 heteroatoms. The van der Waals surface area contributed by atoms with Gasteiger partial charge in [-0.2, -0.15) is 0 Å². The number of amides is 1. The Morgan fingerprint density at radius 3 is 2.39 bits per heavy atom. The van der Waals surface area contributed by atoms with Crippen LogP contribution in [0.25, 0.3) is 10.2 Å². The van der Waals surface area contributed by atoms with Crippen LogP contribution in [0.4, 0.5) is 5.13 Å². The minimum absolute atomic E-state index is 0.0293. The van der Waals surface area contributed by atoms with E-state index in [0.717, 1.165) is 20.9 Å². The van der Waals surface area contributed by atoms with Crippen molar-refractivity contribution in [3.05, 3.63) is 89.0 Å². The van der Waals surface area contributed by atoms with Crippen molar-refractivity contribution in [1.82, 2.24) is 4.98 Å². The average molecular weight is 447 g/mol. The second-order valence-electron chi connectivity index (χ2n) is 7.92. The van der Waals surface area contributed by atoms with Crippen LogP contribution in [0.1, 0.15) is 40.9 Å². The molecule has 4 rings (SSSR count). The molecule has 0 aliphatic rings. The number of thioether (sulfide) groups is 1. The zero-order valence-corrected chi connectivity index (χ0v) is 19.9. The van der Waals surface area contributed by atoms with Gasteiger partial charge in [-0.25, -0.2) is 4.98 Å². The zero-order valence-electron chi connectivity index (χ0n) is 18.3. The summed E-state index contributed by atoms with van der Waals surface area (Å²) in [4.78, 5) is 21.5. The highest BCUT2D eigenvalue weighted by Gasteiger charge is 2.22. The third-order valence-corrected chi connectivity index (χ3v) is 7.27. The maximum absolute atomic E-state index is 13.6. The predicted molar refractivity (Wildman–Crippen MR) is 133 cm³/mol. The van der Waals surface area contributed by atoms with Crippen molar-refractivity contribution in [2.24, 2.45) is 0 Å². The predicted octanol–water partition coefficient (Wildman–Crippen LogP) is 7.26. The molecule has 3 nitrogen and oxygen atoms in total. The highest BCUT2D eigenvalue weighted by molar-refractivity contribution is 7.99. The van der Waals surface area contributed by atoms with E-state index in [4.69, 9.17) is 4.98 Å². The van der Waals surface area contributed by atoms with Crippen molar-refractivity contribution in [3.8, 4) is 0 Å². The number of nitrogens with zero attached hydrogens (tertiary/aromatic N) is 2. The molecule has 0 N–H and O–H groups in total. The Hall–Kier alpha value is -2.63. The minimum atomic E-state index is -0.0293. The Morgan fingerprint density at radius 2 is 1.71 bits per heavy atom. The average Bonchev–Trinajstić information content (AvgIpc) is 3.20. The number of rotatable bonds is 6. The first-order chi connectivity index (χ1) is 14.9. The summed E-state index contributed by atoms with van der Waals surface area (Å²) in [6.07, 6.45) is 0. The maximum Gasteiger partial charge on any atom is 0.260 e. The van der Waals surface area contributed by atoms with E-state index in [1.165, 1.54) is 16.0 Å². The van der Waals surface area contributed by atoms with Gasteiger partial charge in [0.15, 0.2) is 5.13 Å². The fourth-order valence-electron chi connectivity index (χ4n) is 3.43. The Kier molecular flexibility index (Phi) is 6.44. The molecule has 0 saturated carbocycles. The lowest BCUT2D eigenvalue weighted by molar-refractivity contribution is 0.0985. The van der Waals surface area contributed by atoms with Crippen molar-refractivity contribution < 1.29 is 4.79 Å². The van der Waals surface area contributed by atoms with Crippen molar-refractivity contribution in [2.75, 3.05) is 4.90 Å². The molecule has 0 atom stereocenters. The summed E-state index contributed by atoms with van der Waals surface area (Å²) in [5.74, 6) is -0.0293. The van der Waals surface area contributed by atoms with E-state index in [-0.39, 0.29) is 5.91 Å². The number of thiazole rings is 1. The van der Waals surface area contributed by atoms with E-state index in [1.54, 1.807) is 28.0 Å². The molecular formula is C26H26N2OS2. The van der Waals surface area contributed by atoms with Gasteiger partial charge in [-0.1, -0.05) is 61.6 Å². The van der Waals surface area contributed by atoms with E-state index in [2.05, 4.69) is 39.8 Å². The molecule has 0 saturated heterocycles. The number of carbonyl (C=O) groups excluding carboxylic acids is 1. The summed E-state index contributed by atoms with van der Waals surface area (Å²) in [6, 6.07) is 22.2. The van der Waals surface area contributed by atoms with Gasteiger partial charge in [0.2, 0.25) is 0 Å². The maximum atomic E-state index is 13.6. The first-order valence-corrected chi connectivity index (χ1v) is 12.1. The molecule has 0 unspecified atom stereocenters. The van der Waals surface area contributed by atoms with Gasteiger partial charge >= 0.3 is 0 Å². The van der Waals surface area contributed by atoms with E-state index in [0.29, 0.717) is 17.4 Å². The standard InChI is InChI=1S/C26H26N2OS2/c1-17(2)30-22-13-11-21(12-14-22)25(29)28(16-20-8-6-5-7-9-20)26-27-24-19(4)18(3)10-15-23(24)31-26/h5-15,17H,16H2,1-4H3. The zero-order chi connectivity index (χ0) is 22.0. The SMILES string of the molecule is Cc1ccc2sc(N(Cc3ccccc3)C(=O)c3ccc(SC(C)C)cc3)nc2c1C. The van der Waals surface area contributed by atoms with Crippen LogP contribution in [0.15, 0.2) is 71.6 Å². The van der Waals surface area contributed by atoms with Crippen LogP contribution in [0.5, 0.6) is 0 Å². The van der Waals surface area contributed by atoms with Crippen molar-refractivity contribution in [2.45, 2.75) is 44.4 Å². The monoisotopic (exact) mass is 446 g/mol. The first kappa shape index (κ1) is 21.6. The summed E-state index contributed by atoms with van der Waals surface area (Å²) >= 11 is 3.37. The molecule has 3 aromatic carbocycles. The van der Waals surface area contributed by atoms with E-state index < -0.39 is 0 Å². The van der Waals surface area contributed by atoms with Gasteiger partial charge in [-0.3, -0.25) is 9.69 Å². The van der Waals surface area contributed by atoms with Crippen LogP contribution >= 0.6 is 23.1 Å². The molecule has 31 heavy (non-hydrogen) atoms. The third-order valence-electron chi connectivity index (χ3n) is 5.21. The lowest BCUT2D eigenvalue weighted by Gasteiger charge is -2.20. The van der Waals surface area contributed by atoms with E-state index in [9.17, 15) is 4.79 Å². The normalized spacial score (nSPS) is 11.3. The second kappa shape index (κ2) is 9.25. The molecule has 0 radical (unpaired) electrons. The van der Waals surface area contributed by atoms with Crippen molar-refractivity contribution in [3.63, 3.8) is 0 Å². The molecule has 1 aromatic heterocycles. The van der Waals surface area contributed by atoms with Gasteiger partial charge in [0.25, 0.3) is 5.91 Å². The van der Waals surface area contributed by atoms with Gasteiger partial charge in [-0.15, -0.1) is 11.8 Å². The molecule has 0 aliphatic carbocycles. The number of hydrogen-bond donors (Lipinski definition) is 0. The minimum Gasteiger partial charge on any atom is -0.279 e. The number of anilines is 1. The lowest BCUT2D eigenvalue weighted by Crippen LogP contribution is -2.30. The Labute approximate surface area is 192 Å². The number of fused-ring (bicyclic) bond motifs is 1. The number of carbonyl (C=O) groups is 1.